The molecule has 0 fully saturated rings. The maximum absolute atomic E-state index is 12.9. The van der Waals surface area contributed by atoms with Gasteiger partial charge < -0.3 is 15.4 Å². The lowest BCUT2D eigenvalue weighted by Crippen LogP contribution is -2.47. The lowest BCUT2D eigenvalue weighted by molar-refractivity contribution is -0.118. The maximum Gasteiger partial charge on any atom is 0.251 e. The van der Waals surface area contributed by atoms with Crippen LogP contribution in [0.25, 0.3) is 5.69 Å². The molecule has 1 unspecified atom stereocenters. The second kappa shape index (κ2) is 9.17. The van der Waals surface area contributed by atoms with Crippen molar-refractivity contribution >= 4 is 17.5 Å². The van der Waals surface area contributed by atoms with Gasteiger partial charge >= 0.3 is 0 Å². The smallest absolute Gasteiger partial charge is 0.251 e. The van der Waals surface area contributed by atoms with E-state index in [9.17, 15) is 9.59 Å². The van der Waals surface area contributed by atoms with Crippen LogP contribution in [0, 0.1) is 12.8 Å². The largest absolute Gasteiger partial charge is 0.497 e. The van der Waals surface area contributed by atoms with Crippen LogP contribution < -0.4 is 15.4 Å². The van der Waals surface area contributed by atoms with E-state index >= 15 is 0 Å². The molecule has 3 rings (SSSR count). The number of aryl methyl sites for hydroxylation is 1. The zero-order chi connectivity index (χ0) is 21.7. The number of ether oxygens (including phenoxy) is 1. The summed E-state index contributed by atoms with van der Waals surface area (Å²) in [6, 6.07) is 11.4. The number of carbonyl (C=O) groups excluding carboxylic acids is 2. The van der Waals surface area contributed by atoms with Crippen molar-refractivity contribution < 1.29 is 14.3 Å². The molecular weight excluding hydrogens is 384 g/mol. The number of methoxy groups -OCH3 is 1. The van der Waals surface area contributed by atoms with E-state index in [2.05, 4.69) is 26.2 Å². The molecule has 0 aliphatic carbocycles. The van der Waals surface area contributed by atoms with Crippen LogP contribution in [0.4, 0.5) is 5.69 Å². The topological polar surface area (TPSA) is 111 Å². The number of tetrazole rings is 1. The van der Waals surface area contributed by atoms with Crippen LogP contribution in [0.15, 0.2) is 48.8 Å². The van der Waals surface area contributed by atoms with Gasteiger partial charge in [-0.1, -0.05) is 13.8 Å². The summed E-state index contributed by atoms with van der Waals surface area (Å²) in [5.74, 6) is -0.0582. The van der Waals surface area contributed by atoms with Gasteiger partial charge in [0.2, 0.25) is 5.91 Å². The molecule has 156 valence electrons. The minimum Gasteiger partial charge on any atom is -0.497 e. The third-order valence-electron chi connectivity index (χ3n) is 4.65. The Morgan fingerprint density at radius 2 is 1.83 bits per heavy atom. The van der Waals surface area contributed by atoms with Crippen molar-refractivity contribution in [3.05, 3.63) is 59.9 Å². The second-order valence-corrected chi connectivity index (χ2v) is 7.17. The molecule has 0 aliphatic rings. The van der Waals surface area contributed by atoms with E-state index in [1.54, 1.807) is 42.1 Å². The molecular formula is C21H24N6O3. The van der Waals surface area contributed by atoms with Crippen molar-refractivity contribution in [2.24, 2.45) is 5.92 Å². The van der Waals surface area contributed by atoms with Crippen LogP contribution in [-0.2, 0) is 4.79 Å². The number of benzene rings is 2. The number of carbonyl (C=O) groups is 2. The normalized spacial score (nSPS) is 11.8. The molecule has 9 nitrogen and oxygen atoms in total. The highest BCUT2D eigenvalue weighted by Crippen LogP contribution is 2.19. The van der Waals surface area contributed by atoms with Gasteiger partial charge in [-0.25, -0.2) is 4.68 Å². The number of rotatable bonds is 7. The van der Waals surface area contributed by atoms with Gasteiger partial charge in [-0.3, -0.25) is 9.59 Å². The van der Waals surface area contributed by atoms with Crippen molar-refractivity contribution in [1.29, 1.82) is 0 Å². The SMILES string of the molecule is COc1ccc(C(=O)NC(C(=O)Nc2ccc(-n3cnnn3)c(C)c2)C(C)C)cc1. The van der Waals surface area contributed by atoms with Crippen LogP contribution in [0.3, 0.4) is 0 Å². The first-order valence-electron chi connectivity index (χ1n) is 9.49. The molecule has 1 heterocycles. The van der Waals surface area contributed by atoms with Gasteiger partial charge in [0.1, 0.15) is 18.1 Å². The van der Waals surface area contributed by atoms with E-state index in [0.29, 0.717) is 17.0 Å². The fourth-order valence-corrected chi connectivity index (χ4v) is 2.98. The number of hydrogen-bond acceptors (Lipinski definition) is 6. The Balaban J connectivity index is 1.70. The first-order chi connectivity index (χ1) is 14.4. The second-order valence-electron chi connectivity index (χ2n) is 7.17. The third kappa shape index (κ3) is 4.80. The predicted octanol–water partition coefficient (Wildman–Crippen LogP) is 2.37. The Bertz CT molecular complexity index is 1020. The van der Waals surface area contributed by atoms with Gasteiger partial charge in [0.25, 0.3) is 5.91 Å². The number of nitrogens with one attached hydrogen (secondary N) is 2. The molecule has 0 aliphatic heterocycles. The van der Waals surface area contributed by atoms with Gasteiger partial charge in [0, 0.05) is 11.3 Å². The van der Waals surface area contributed by atoms with Crippen LogP contribution in [0.1, 0.15) is 29.8 Å². The number of amides is 2. The highest BCUT2D eigenvalue weighted by Gasteiger charge is 2.25. The molecule has 1 aromatic heterocycles. The molecule has 3 aromatic rings. The van der Waals surface area contributed by atoms with Gasteiger partial charge in [-0.05, 0) is 71.3 Å². The van der Waals surface area contributed by atoms with Gasteiger partial charge in [-0.15, -0.1) is 5.10 Å². The Morgan fingerprint density at radius 3 is 2.40 bits per heavy atom. The minimum absolute atomic E-state index is 0.103. The fraction of sp³-hybridized carbons (Fsp3) is 0.286. The van der Waals surface area contributed by atoms with Crippen LogP contribution in [0.5, 0.6) is 5.75 Å². The number of anilines is 1. The Hall–Kier alpha value is -3.75. The van der Waals surface area contributed by atoms with E-state index in [1.165, 1.54) is 6.33 Å². The highest BCUT2D eigenvalue weighted by molar-refractivity contribution is 6.01. The van der Waals surface area contributed by atoms with E-state index in [1.807, 2.05) is 32.9 Å². The van der Waals surface area contributed by atoms with Gasteiger partial charge in [0.15, 0.2) is 0 Å². The van der Waals surface area contributed by atoms with E-state index in [0.717, 1.165) is 11.3 Å². The maximum atomic E-state index is 12.9. The lowest BCUT2D eigenvalue weighted by atomic mass is 10.0. The van der Waals surface area contributed by atoms with E-state index in [-0.39, 0.29) is 17.7 Å². The van der Waals surface area contributed by atoms with Crippen molar-refractivity contribution in [2.45, 2.75) is 26.8 Å². The number of aromatic nitrogens is 4. The predicted molar refractivity (Wildman–Crippen MR) is 112 cm³/mol. The monoisotopic (exact) mass is 408 g/mol. The first-order valence-corrected chi connectivity index (χ1v) is 9.49. The summed E-state index contributed by atoms with van der Waals surface area (Å²) in [6.45, 7) is 5.66. The molecule has 0 radical (unpaired) electrons. The summed E-state index contributed by atoms with van der Waals surface area (Å²) in [4.78, 5) is 25.5. The standard InChI is InChI=1S/C21H24N6O3/c1-13(2)19(24-20(28)15-5-8-17(30-4)9-6-15)21(29)23-16-7-10-18(14(3)11-16)27-12-22-25-26-27/h5-13,19H,1-4H3,(H,23,29)(H,24,28). The van der Waals surface area contributed by atoms with Crippen molar-refractivity contribution in [2.75, 3.05) is 12.4 Å². The quantitative estimate of drug-likeness (QED) is 0.621. The lowest BCUT2D eigenvalue weighted by Gasteiger charge is -2.22. The molecule has 2 amide bonds. The zero-order valence-electron chi connectivity index (χ0n) is 17.3. The average Bonchev–Trinajstić information content (AvgIpc) is 3.26. The number of hydrogen-bond donors (Lipinski definition) is 2. The first kappa shape index (κ1) is 21.0. The Labute approximate surface area is 174 Å². The molecule has 0 saturated heterocycles. The molecule has 30 heavy (non-hydrogen) atoms. The van der Waals surface area contributed by atoms with E-state index < -0.39 is 6.04 Å². The zero-order valence-corrected chi connectivity index (χ0v) is 17.3. The summed E-state index contributed by atoms with van der Waals surface area (Å²) in [5, 5.41) is 16.8. The van der Waals surface area contributed by atoms with Crippen molar-refractivity contribution in [3.8, 4) is 11.4 Å². The highest BCUT2D eigenvalue weighted by atomic mass is 16.5. The summed E-state index contributed by atoms with van der Waals surface area (Å²) in [6.07, 6.45) is 1.50. The number of nitrogens with zero attached hydrogens (tertiary/aromatic N) is 4. The fourth-order valence-electron chi connectivity index (χ4n) is 2.98. The molecule has 0 spiro atoms. The summed E-state index contributed by atoms with van der Waals surface area (Å²) in [5.41, 5.74) is 2.78. The van der Waals surface area contributed by atoms with Gasteiger partial charge in [-0.2, -0.15) is 0 Å². The summed E-state index contributed by atoms with van der Waals surface area (Å²) >= 11 is 0. The molecule has 2 N–H and O–H groups in total. The molecule has 0 bridgehead atoms. The summed E-state index contributed by atoms with van der Waals surface area (Å²) in [7, 11) is 1.56. The summed E-state index contributed by atoms with van der Waals surface area (Å²) < 4.78 is 6.65. The van der Waals surface area contributed by atoms with Crippen LogP contribution in [0.2, 0.25) is 0 Å². The Kier molecular flexibility index (Phi) is 6.41. The minimum atomic E-state index is -0.695. The van der Waals surface area contributed by atoms with Crippen molar-refractivity contribution in [3.63, 3.8) is 0 Å². The van der Waals surface area contributed by atoms with Crippen molar-refractivity contribution in [1.82, 2.24) is 25.5 Å². The van der Waals surface area contributed by atoms with Crippen LogP contribution in [-0.4, -0.2) is 45.2 Å². The third-order valence-corrected chi connectivity index (χ3v) is 4.65. The van der Waals surface area contributed by atoms with Crippen LogP contribution >= 0.6 is 0 Å². The average molecular weight is 408 g/mol. The van der Waals surface area contributed by atoms with E-state index in [4.69, 9.17) is 4.74 Å². The molecule has 0 saturated carbocycles. The molecule has 1 atom stereocenters. The molecule has 2 aromatic carbocycles. The Morgan fingerprint density at radius 1 is 1.10 bits per heavy atom. The molecule has 9 heteroatoms. The van der Waals surface area contributed by atoms with Gasteiger partial charge in [0.05, 0.1) is 12.8 Å².